The van der Waals surface area contributed by atoms with Gasteiger partial charge in [-0.3, -0.25) is 5.32 Å². The fourth-order valence-corrected chi connectivity index (χ4v) is 4.71. The Morgan fingerprint density at radius 3 is 2.58 bits per heavy atom. The van der Waals surface area contributed by atoms with Gasteiger partial charge in [-0.15, -0.1) is 0 Å². The minimum Gasteiger partial charge on any atom is -0.388 e. The van der Waals surface area contributed by atoms with Gasteiger partial charge in [-0.1, -0.05) is 0 Å². The monoisotopic (exact) mass is 371 g/mol. The minimum atomic E-state index is -1.11. The molecule has 0 aromatic heterocycles. The van der Waals surface area contributed by atoms with E-state index < -0.39 is 11.7 Å². The molecule has 5 unspecified atom stereocenters. The van der Waals surface area contributed by atoms with Gasteiger partial charge in [0, 0.05) is 12.5 Å². The van der Waals surface area contributed by atoms with Crippen molar-refractivity contribution >= 4 is 0 Å². The molecule has 0 radical (unpaired) electrons. The zero-order chi connectivity index (χ0) is 18.7. The maximum atomic E-state index is 9.91. The molecule has 0 aromatic carbocycles. The third-order valence-corrected chi connectivity index (χ3v) is 6.61. The number of aliphatic hydroxyl groups excluding tert-OH is 1. The lowest BCUT2D eigenvalue weighted by Crippen LogP contribution is -3.11. The van der Waals surface area contributed by atoms with Gasteiger partial charge >= 0.3 is 0 Å². The number of hydrogen-bond donors (Lipinski definition) is 4. The van der Waals surface area contributed by atoms with Gasteiger partial charge in [-0.25, -0.2) is 0 Å². The Morgan fingerprint density at radius 1 is 1.19 bits per heavy atom. The van der Waals surface area contributed by atoms with E-state index in [0.717, 1.165) is 32.2 Å². The third kappa shape index (κ3) is 5.40. The first-order valence-corrected chi connectivity index (χ1v) is 10.5. The highest BCUT2D eigenvalue weighted by Crippen LogP contribution is 2.33. The number of rotatable bonds is 6. The van der Waals surface area contributed by atoms with Crippen LogP contribution in [-0.2, 0) is 9.47 Å². The number of quaternary nitrogens is 1. The van der Waals surface area contributed by atoms with Gasteiger partial charge in [-0.05, 0) is 58.3 Å². The first-order valence-electron chi connectivity index (χ1n) is 10.5. The van der Waals surface area contributed by atoms with Crippen LogP contribution in [0.2, 0.25) is 0 Å². The molecule has 2 heterocycles. The SMILES string of the molecule is C[NH+]1CCCC(C2NCC(C3CCC(OCC(O)C(C)(C)O)CC3)O2)C1. The quantitative estimate of drug-likeness (QED) is 0.526. The summed E-state index contributed by atoms with van der Waals surface area (Å²) in [7, 11) is 2.29. The van der Waals surface area contributed by atoms with Crippen molar-refractivity contribution in [3.05, 3.63) is 0 Å². The zero-order valence-electron chi connectivity index (χ0n) is 16.7. The zero-order valence-corrected chi connectivity index (χ0v) is 16.7. The minimum absolute atomic E-state index is 0.198. The first-order chi connectivity index (χ1) is 12.3. The number of likely N-dealkylation sites (tertiary alicyclic amines) is 1. The molecule has 2 saturated heterocycles. The Labute approximate surface area is 158 Å². The number of hydrogen-bond acceptors (Lipinski definition) is 5. The van der Waals surface area contributed by atoms with E-state index in [-0.39, 0.29) is 18.9 Å². The van der Waals surface area contributed by atoms with Crippen LogP contribution >= 0.6 is 0 Å². The van der Waals surface area contributed by atoms with Crippen LogP contribution in [0.15, 0.2) is 0 Å². The van der Waals surface area contributed by atoms with E-state index >= 15 is 0 Å². The Morgan fingerprint density at radius 2 is 1.92 bits per heavy atom. The molecule has 3 rings (SSSR count). The number of ether oxygens (including phenoxy) is 2. The van der Waals surface area contributed by atoms with Gasteiger partial charge in [0.05, 0.1) is 44.6 Å². The summed E-state index contributed by atoms with van der Waals surface area (Å²) >= 11 is 0. The summed E-state index contributed by atoms with van der Waals surface area (Å²) in [6.07, 6.45) is 6.82. The molecular formula is C20H39N2O4+. The predicted molar refractivity (Wildman–Crippen MR) is 100 cm³/mol. The summed E-state index contributed by atoms with van der Waals surface area (Å²) in [5.74, 6) is 1.26. The topological polar surface area (TPSA) is 75.4 Å². The molecule has 2 aliphatic heterocycles. The summed E-state index contributed by atoms with van der Waals surface area (Å²) in [6, 6.07) is 0. The fraction of sp³-hybridized carbons (Fsp3) is 1.00. The van der Waals surface area contributed by atoms with E-state index in [4.69, 9.17) is 9.47 Å². The molecule has 3 aliphatic rings. The van der Waals surface area contributed by atoms with Crippen molar-refractivity contribution in [2.24, 2.45) is 11.8 Å². The molecular weight excluding hydrogens is 332 g/mol. The fourth-order valence-electron chi connectivity index (χ4n) is 4.71. The number of aliphatic hydroxyl groups is 2. The Hall–Kier alpha value is -0.240. The average Bonchev–Trinajstić information content (AvgIpc) is 3.09. The van der Waals surface area contributed by atoms with E-state index in [1.165, 1.54) is 25.9 Å². The van der Waals surface area contributed by atoms with Crippen molar-refractivity contribution < 1.29 is 24.6 Å². The van der Waals surface area contributed by atoms with Crippen LogP contribution in [0.3, 0.4) is 0 Å². The standard InChI is InChI=1S/C20H38N2O4/c1-20(2,24)18(23)13-25-16-8-6-14(7-9-16)17-11-21-19(26-17)15-5-4-10-22(3)12-15/h14-19,21,23-24H,4-13H2,1-3H3/p+1. The number of nitrogens with one attached hydrogen (secondary N) is 2. The maximum absolute atomic E-state index is 9.91. The second kappa shape index (κ2) is 8.84. The van der Waals surface area contributed by atoms with E-state index in [2.05, 4.69) is 12.4 Å². The predicted octanol–water partition coefficient (Wildman–Crippen LogP) is -0.0672. The van der Waals surface area contributed by atoms with Crippen molar-refractivity contribution in [3.8, 4) is 0 Å². The maximum Gasteiger partial charge on any atom is 0.116 e. The van der Waals surface area contributed by atoms with Crippen LogP contribution in [0.5, 0.6) is 0 Å². The molecule has 0 spiro atoms. The van der Waals surface area contributed by atoms with Gasteiger partial charge < -0.3 is 24.6 Å². The molecule has 3 fully saturated rings. The highest BCUT2D eigenvalue weighted by molar-refractivity contribution is 4.87. The summed E-state index contributed by atoms with van der Waals surface area (Å²) in [6.45, 7) is 6.93. The number of piperidine rings is 1. The van der Waals surface area contributed by atoms with Crippen LogP contribution in [0, 0.1) is 11.8 Å². The summed E-state index contributed by atoms with van der Waals surface area (Å²) in [5, 5.41) is 23.3. The van der Waals surface area contributed by atoms with Crippen molar-refractivity contribution in [1.29, 1.82) is 0 Å². The van der Waals surface area contributed by atoms with E-state index in [1.54, 1.807) is 18.7 Å². The molecule has 4 N–H and O–H groups in total. The highest BCUT2D eigenvalue weighted by Gasteiger charge is 2.39. The van der Waals surface area contributed by atoms with Gasteiger partial charge in [0.25, 0.3) is 0 Å². The van der Waals surface area contributed by atoms with Crippen molar-refractivity contribution in [1.82, 2.24) is 5.32 Å². The van der Waals surface area contributed by atoms with Crippen LogP contribution in [0.1, 0.15) is 52.4 Å². The lowest BCUT2D eigenvalue weighted by molar-refractivity contribution is -0.889. The molecule has 1 saturated carbocycles. The molecule has 6 nitrogen and oxygen atoms in total. The molecule has 1 aliphatic carbocycles. The van der Waals surface area contributed by atoms with Crippen molar-refractivity contribution in [3.63, 3.8) is 0 Å². The van der Waals surface area contributed by atoms with Crippen molar-refractivity contribution in [2.45, 2.75) is 82.5 Å². The Kier molecular flexibility index (Phi) is 6.97. The average molecular weight is 372 g/mol. The lowest BCUT2D eigenvalue weighted by Gasteiger charge is -2.34. The first kappa shape index (κ1) is 20.5. The van der Waals surface area contributed by atoms with E-state index in [0.29, 0.717) is 17.9 Å². The largest absolute Gasteiger partial charge is 0.388 e. The summed E-state index contributed by atoms with van der Waals surface area (Å²) in [5.41, 5.74) is -1.11. The van der Waals surface area contributed by atoms with Crippen LogP contribution in [0.4, 0.5) is 0 Å². The van der Waals surface area contributed by atoms with Gasteiger partial charge in [0.2, 0.25) is 0 Å². The molecule has 5 atom stereocenters. The Balaban J connectivity index is 1.37. The summed E-state index contributed by atoms with van der Waals surface area (Å²) in [4.78, 5) is 1.63. The molecule has 0 bridgehead atoms. The molecule has 0 aromatic rings. The molecule has 26 heavy (non-hydrogen) atoms. The smallest absolute Gasteiger partial charge is 0.116 e. The summed E-state index contributed by atoms with van der Waals surface area (Å²) < 4.78 is 12.3. The van der Waals surface area contributed by atoms with Crippen LogP contribution in [-0.4, -0.2) is 73.6 Å². The van der Waals surface area contributed by atoms with Crippen LogP contribution < -0.4 is 10.2 Å². The molecule has 6 heteroatoms. The molecule has 0 amide bonds. The third-order valence-electron chi connectivity index (χ3n) is 6.61. The highest BCUT2D eigenvalue weighted by atomic mass is 16.5. The van der Waals surface area contributed by atoms with Gasteiger partial charge in [0.15, 0.2) is 0 Å². The Bertz CT molecular complexity index is 434. The lowest BCUT2D eigenvalue weighted by atomic mass is 9.83. The second-order valence-corrected chi connectivity index (χ2v) is 9.36. The van der Waals surface area contributed by atoms with E-state index in [1.807, 2.05) is 0 Å². The van der Waals surface area contributed by atoms with Gasteiger partial charge in [-0.2, -0.15) is 0 Å². The van der Waals surface area contributed by atoms with Crippen LogP contribution in [0.25, 0.3) is 0 Å². The van der Waals surface area contributed by atoms with Gasteiger partial charge in [0.1, 0.15) is 12.3 Å². The normalized spacial score (nSPS) is 40.5. The van der Waals surface area contributed by atoms with Crippen molar-refractivity contribution in [2.75, 3.05) is 33.3 Å². The molecule has 152 valence electrons. The van der Waals surface area contributed by atoms with E-state index in [9.17, 15) is 10.2 Å². The second-order valence-electron chi connectivity index (χ2n) is 9.36.